The zero-order valence-electron chi connectivity index (χ0n) is 11.9. The van der Waals surface area contributed by atoms with Gasteiger partial charge in [-0.05, 0) is 13.0 Å². The van der Waals surface area contributed by atoms with Crippen LogP contribution >= 0.6 is 0 Å². The van der Waals surface area contributed by atoms with Crippen molar-refractivity contribution in [1.82, 2.24) is 10.2 Å². The van der Waals surface area contributed by atoms with Crippen LogP contribution in [0.25, 0.3) is 0 Å². The highest BCUT2D eigenvalue weighted by Gasteiger charge is 2.24. The van der Waals surface area contributed by atoms with Crippen LogP contribution in [0, 0.1) is 5.82 Å². The van der Waals surface area contributed by atoms with Crippen molar-refractivity contribution in [3.8, 4) is 0 Å². The van der Waals surface area contributed by atoms with E-state index in [1.807, 2.05) is 6.92 Å². The number of hydrogen-bond donors (Lipinski definition) is 1. The zero-order chi connectivity index (χ0) is 14.5. The Morgan fingerprint density at radius 2 is 2.30 bits per heavy atom. The lowest BCUT2D eigenvalue weighted by Crippen LogP contribution is -2.42. The number of rotatable bonds is 4. The van der Waals surface area contributed by atoms with Crippen LogP contribution in [0.5, 0.6) is 0 Å². The van der Waals surface area contributed by atoms with Gasteiger partial charge in [0.2, 0.25) is 5.91 Å². The number of benzene rings is 1. The van der Waals surface area contributed by atoms with Crippen LogP contribution in [0.4, 0.5) is 4.39 Å². The minimum absolute atomic E-state index is 0.0329. The van der Waals surface area contributed by atoms with E-state index in [-0.39, 0.29) is 23.9 Å². The summed E-state index contributed by atoms with van der Waals surface area (Å²) in [6.07, 6.45) is 0.231. The average molecular weight is 280 g/mol. The minimum atomic E-state index is -0.291. The molecule has 20 heavy (non-hydrogen) atoms. The number of carbonyl (C=O) groups is 1. The summed E-state index contributed by atoms with van der Waals surface area (Å²) in [7, 11) is 1.70. The Bertz CT molecular complexity index is 461. The van der Waals surface area contributed by atoms with Crippen molar-refractivity contribution < 1.29 is 13.9 Å². The van der Waals surface area contributed by atoms with Crippen molar-refractivity contribution >= 4 is 5.91 Å². The molecular weight excluding hydrogens is 259 g/mol. The van der Waals surface area contributed by atoms with Crippen LogP contribution in [-0.4, -0.2) is 43.7 Å². The van der Waals surface area contributed by atoms with Crippen LogP contribution in [0.15, 0.2) is 24.3 Å². The number of nitrogens with one attached hydrogen (secondary N) is 1. The third-order valence-corrected chi connectivity index (χ3v) is 3.74. The summed E-state index contributed by atoms with van der Waals surface area (Å²) >= 11 is 0. The summed E-state index contributed by atoms with van der Waals surface area (Å²) in [4.78, 5) is 13.8. The van der Waals surface area contributed by atoms with Crippen molar-refractivity contribution in [1.29, 1.82) is 0 Å². The summed E-state index contributed by atoms with van der Waals surface area (Å²) in [5.41, 5.74) is 0.533. The lowest BCUT2D eigenvalue weighted by molar-refractivity contribution is -0.135. The first-order valence-electron chi connectivity index (χ1n) is 6.92. The molecule has 0 aromatic heterocycles. The van der Waals surface area contributed by atoms with E-state index in [0.717, 1.165) is 6.54 Å². The maximum atomic E-state index is 13.7. The van der Waals surface area contributed by atoms with Crippen molar-refractivity contribution in [2.75, 3.05) is 26.7 Å². The van der Waals surface area contributed by atoms with Gasteiger partial charge in [-0.3, -0.25) is 4.79 Å². The molecule has 1 heterocycles. The van der Waals surface area contributed by atoms with Crippen molar-refractivity contribution in [3.63, 3.8) is 0 Å². The van der Waals surface area contributed by atoms with Gasteiger partial charge in [0.15, 0.2) is 0 Å². The number of hydrogen-bond acceptors (Lipinski definition) is 3. The molecule has 1 aliphatic rings. The molecule has 2 unspecified atom stereocenters. The van der Waals surface area contributed by atoms with E-state index in [4.69, 9.17) is 4.74 Å². The number of nitrogens with zero attached hydrogens (tertiary/aromatic N) is 1. The summed E-state index contributed by atoms with van der Waals surface area (Å²) in [5.74, 6) is -0.315. The molecule has 0 saturated carbocycles. The summed E-state index contributed by atoms with van der Waals surface area (Å²) in [6, 6.07) is 6.26. The van der Waals surface area contributed by atoms with Crippen LogP contribution in [0.2, 0.25) is 0 Å². The minimum Gasteiger partial charge on any atom is -0.375 e. The topological polar surface area (TPSA) is 41.6 Å². The first-order valence-corrected chi connectivity index (χ1v) is 6.92. The van der Waals surface area contributed by atoms with Gasteiger partial charge in [0.1, 0.15) is 5.82 Å². The Kier molecular flexibility index (Phi) is 5.09. The quantitative estimate of drug-likeness (QED) is 0.913. The Hall–Kier alpha value is -1.46. The van der Waals surface area contributed by atoms with Crippen molar-refractivity contribution in [2.45, 2.75) is 25.5 Å². The van der Waals surface area contributed by atoms with Crippen LogP contribution < -0.4 is 5.32 Å². The van der Waals surface area contributed by atoms with E-state index >= 15 is 0 Å². The third-order valence-electron chi connectivity index (χ3n) is 3.74. The molecule has 2 atom stereocenters. The first kappa shape index (κ1) is 14.9. The monoisotopic (exact) mass is 280 g/mol. The fraction of sp³-hybridized carbons (Fsp3) is 0.533. The molecule has 0 bridgehead atoms. The first-order chi connectivity index (χ1) is 9.59. The van der Waals surface area contributed by atoms with E-state index in [1.54, 1.807) is 30.1 Å². The highest BCUT2D eigenvalue weighted by Crippen LogP contribution is 2.22. The summed E-state index contributed by atoms with van der Waals surface area (Å²) < 4.78 is 19.3. The number of halogens is 1. The molecule has 0 spiro atoms. The van der Waals surface area contributed by atoms with Gasteiger partial charge in [-0.25, -0.2) is 4.39 Å². The second-order valence-electron chi connectivity index (χ2n) is 5.10. The van der Waals surface area contributed by atoms with Crippen LogP contribution in [0.1, 0.15) is 24.9 Å². The fourth-order valence-electron chi connectivity index (χ4n) is 2.33. The van der Waals surface area contributed by atoms with Gasteiger partial charge in [-0.1, -0.05) is 18.2 Å². The summed E-state index contributed by atoms with van der Waals surface area (Å²) in [6.45, 7) is 3.97. The average Bonchev–Trinajstić information content (AvgIpc) is 2.47. The molecule has 4 nitrogen and oxygen atoms in total. The molecule has 1 aromatic carbocycles. The molecule has 1 aromatic rings. The zero-order valence-corrected chi connectivity index (χ0v) is 11.9. The molecule has 1 saturated heterocycles. The smallest absolute Gasteiger partial charge is 0.225 e. The lowest BCUT2D eigenvalue weighted by atomic mass is 10.1. The highest BCUT2D eigenvalue weighted by molar-refractivity contribution is 5.77. The fourth-order valence-corrected chi connectivity index (χ4v) is 2.33. The van der Waals surface area contributed by atoms with E-state index < -0.39 is 0 Å². The number of amides is 1. The Labute approximate surface area is 118 Å². The third kappa shape index (κ3) is 3.55. The Morgan fingerprint density at radius 3 is 2.95 bits per heavy atom. The highest BCUT2D eigenvalue weighted by atomic mass is 19.1. The van der Waals surface area contributed by atoms with Gasteiger partial charge in [0, 0.05) is 25.7 Å². The Balaban J connectivity index is 1.97. The van der Waals surface area contributed by atoms with Gasteiger partial charge >= 0.3 is 0 Å². The molecule has 110 valence electrons. The molecule has 5 heteroatoms. The van der Waals surface area contributed by atoms with Crippen molar-refractivity contribution in [2.24, 2.45) is 0 Å². The van der Waals surface area contributed by atoms with Gasteiger partial charge < -0.3 is 15.0 Å². The maximum Gasteiger partial charge on any atom is 0.225 e. The molecule has 1 fully saturated rings. The predicted octanol–water partition coefficient (Wildman–Crippen LogP) is 1.72. The molecule has 0 aliphatic carbocycles. The molecular formula is C15H21FN2O2. The predicted molar refractivity (Wildman–Crippen MR) is 74.8 cm³/mol. The molecule has 2 rings (SSSR count). The molecule has 1 N–H and O–H groups in total. The number of morpholine rings is 1. The van der Waals surface area contributed by atoms with Gasteiger partial charge in [0.25, 0.3) is 0 Å². The lowest BCUT2D eigenvalue weighted by Gasteiger charge is -2.29. The van der Waals surface area contributed by atoms with E-state index in [9.17, 15) is 9.18 Å². The molecule has 1 amide bonds. The maximum absolute atomic E-state index is 13.7. The number of ether oxygens (including phenoxy) is 1. The van der Waals surface area contributed by atoms with Crippen molar-refractivity contribution in [3.05, 3.63) is 35.6 Å². The van der Waals surface area contributed by atoms with Gasteiger partial charge in [-0.15, -0.1) is 0 Å². The van der Waals surface area contributed by atoms with E-state index in [2.05, 4.69) is 5.32 Å². The van der Waals surface area contributed by atoms with E-state index in [1.165, 1.54) is 6.07 Å². The second-order valence-corrected chi connectivity index (χ2v) is 5.10. The molecule has 0 radical (unpaired) electrons. The van der Waals surface area contributed by atoms with Gasteiger partial charge in [-0.2, -0.15) is 0 Å². The Morgan fingerprint density at radius 1 is 1.55 bits per heavy atom. The van der Waals surface area contributed by atoms with Crippen LogP contribution in [0.3, 0.4) is 0 Å². The molecule has 1 aliphatic heterocycles. The second kappa shape index (κ2) is 6.81. The van der Waals surface area contributed by atoms with Gasteiger partial charge in [0.05, 0.1) is 25.2 Å². The summed E-state index contributed by atoms with van der Waals surface area (Å²) in [5, 5.41) is 3.19. The largest absolute Gasteiger partial charge is 0.375 e. The SMILES string of the molecule is CC(c1ccccc1F)N(C)C(=O)CC1CNCCO1. The standard InChI is InChI=1S/C15H21FN2O2/c1-11(13-5-3-4-6-14(13)16)18(2)15(19)9-12-10-17-7-8-20-12/h3-6,11-12,17H,7-10H2,1-2H3. The number of carbonyl (C=O) groups excluding carboxylic acids is 1. The van der Waals surface area contributed by atoms with Crippen LogP contribution in [-0.2, 0) is 9.53 Å². The normalized spacial score (nSPS) is 20.4. The van der Waals surface area contributed by atoms with E-state index in [0.29, 0.717) is 25.1 Å².